The van der Waals surface area contributed by atoms with Gasteiger partial charge in [-0.3, -0.25) is 4.98 Å². The summed E-state index contributed by atoms with van der Waals surface area (Å²) in [6.45, 7) is 2.51. The smallest absolute Gasteiger partial charge is 0.340 e. The SMILES string of the molecule is COC(=O)c1cc(Br)cc(Br)c1NCc1ccc(C)cn1. The van der Waals surface area contributed by atoms with Gasteiger partial charge in [-0.2, -0.15) is 0 Å². The molecule has 1 aromatic heterocycles. The zero-order chi connectivity index (χ0) is 15.4. The molecule has 21 heavy (non-hydrogen) atoms. The average Bonchev–Trinajstić information content (AvgIpc) is 2.46. The van der Waals surface area contributed by atoms with Crippen LogP contribution in [0, 0.1) is 6.92 Å². The molecule has 0 unspecified atom stereocenters. The van der Waals surface area contributed by atoms with E-state index in [0.717, 1.165) is 20.2 Å². The molecule has 4 nitrogen and oxygen atoms in total. The number of halogens is 2. The Bertz CT molecular complexity index is 657. The third kappa shape index (κ3) is 4.04. The second kappa shape index (κ2) is 7.04. The number of hydrogen-bond donors (Lipinski definition) is 1. The van der Waals surface area contributed by atoms with Gasteiger partial charge in [-0.1, -0.05) is 22.0 Å². The van der Waals surface area contributed by atoms with Crippen molar-refractivity contribution in [2.24, 2.45) is 0 Å². The predicted octanol–water partition coefficient (Wildman–Crippen LogP) is 4.31. The summed E-state index contributed by atoms with van der Waals surface area (Å²) in [5.41, 5.74) is 3.16. The highest BCUT2D eigenvalue weighted by Gasteiger charge is 2.16. The highest BCUT2D eigenvalue weighted by Crippen LogP contribution is 2.31. The number of nitrogens with one attached hydrogen (secondary N) is 1. The van der Waals surface area contributed by atoms with E-state index in [4.69, 9.17) is 4.74 Å². The fourth-order valence-corrected chi connectivity index (χ4v) is 3.17. The molecule has 0 spiro atoms. The molecular formula is C15H14Br2N2O2. The van der Waals surface area contributed by atoms with Crippen LogP contribution in [0.15, 0.2) is 39.4 Å². The number of carbonyl (C=O) groups is 1. The lowest BCUT2D eigenvalue weighted by atomic mass is 10.1. The van der Waals surface area contributed by atoms with Gasteiger partial charge in [-0.25, -0.2) is 4.79 Å². The quantitative estimate of drug-likeness (QED) is 0.758. The largest absolute Gasteiger partial charge is 0.465 e. The second-order valence-corrected chi connectivity index (χ2v) is 6.25. The van der Waals surface area contributed by atoms with Crippen molar-refractivity contribution in [2.75, 3.05) is 12.4 Å². The fraction of sp³-hybridized carbons (Fsp3) is 0.200. The van der Waals surface area contributed by atoms with Gasteiger partial charge in [0.15, 0.2) is 0 Å². The van der Waals surface area contributed by atoms with Crippen molar-refractivity contribution in [2.45, 2.75) is 13.5 Å². The van der Waals surface area contributed by atoms with Gasteiger partial charge in [0.2, 0.25) is 0 Å². The van der Waals surface area contributed by atoms with Crippen LogP contribution in [0.2, 0.25) is 0 Å². The lowest BCUT2D eigenvalue weighted by molar-refractivity contribution is 0.0601. The van der Waals surface area contributed by atoms with Crippen LogP contribution < -0.4 is 5.32 Å². The lowest BCUT2D eigenvalue weighted by Crippen LogP contribution is -2.10. The Labute approximate surface area is 140 Å². The first-order valence-electron chi connectivity index (χ1n) is 6.24. The van der Waals surface area contributed by atoms with Gasteiger partial charge in [0, 0.05) is 15.1 Å². The van der Waals surface area contributed by atoms with Crippen LogP contribution in [0.5, 0.6) is 0 Å². The number of aromatic nitrogens is 1. The number of ether oxygens (including phenoxy) is 1. The minimum atomic E-state index is -0.392. The molecular weight excluding hydrogens is 400 g/mol. The third-order valence-electron chi connectivity index (χ3n) is 2.88. The van der Waals surface area contributed by atoms with Crippen molar-refractivity contribution in [3.05, 3.63) is 56.2 Å². The molecule has 0 aliphatic carbocycles. The van der Waals surface area contributed by atoms with Gasteiger partial charge < -0.3 is 10.1 Å². The predicted molar refractivity (Wildman–Crippen MR) is 89.5 cm³/mol. The van der Waals surface area contributed by atoms with Crippen LogP contribution in [0.25, 0.3) is 0 Å². The van der Waals surface area contributed by atoms with Crippen molar-refractivity contribution in [3.8, 4) is 0 Å². The molecule has 0 radical (unpaired) electrons. The monoisotopic (exact) mass is 412 g/mol. The molecule has 0 bridgehead atoms. The van der Waals surface area contributed by atoms with E-state index in [9.17, 15) is 4.79 Å². The summed E-state index contributed by atoms with van der Waals surface area (Å²) >= 11 is 6.83. The van der Waals surface area contributed by atoms with Crippen molar-refractivity contribution in [1.82, 2.24) is 4.98 Å². The van der Waals surface area contributed by atoms with E-state index in [1.54, 1.807) is 6.07 Å². The molecule has 2 rings (SSSR count). The summed E-state index contributed by atoms with van der Waals surface area (Å²) in [4.78, 5) is 16.2. The Morgan fingerprint density at radius 3 is 2.71 bits per heavy atom. The van der Waals surface area contributed by atoms with E-state index in [0.29, 0.717) is 17.8 Å². The van der Waals surface area contributed by atoms with Crippen LogP contribution in [-0.4, -0.2) is 18.1 Å². The molecule has 0 saturated carbocycles. The van der Waals surface area contributed by atoms with E-state index < -0.39 is 5.97 Å². The van der Waals surface area contributed by atoms with Gasteiger partial charge in [-0.15, -0.1) is 0 Å². The molecule has 1 aromatic carbocycles. The lowest BCUT2D eigenvalue weighted by Gasteiger charge is -2.13. The summed E-state index contributed by atoms with van der Waals surface area (Å²) < 4.78 is 6.40. The van der Waals surface area contributed by atoms with E-state index >= 15 is 0 Å². The van der Waals surface area contributed by atoms with Crippen LogP contribution in [-0.2, 0) is 11.3 Å². The fourth-order valence-electron chi connectivity index (χ4n) is 1.81. The molecule has 1 heterocycles. The van der Waals surface area contributed by atoms with Crippen molar-refractivity contribution < 1.29 is 9.53 Å². The highest BCUT2D eigenvalue weighted by atomic mass is 79.9. The number of nitrogens with zero attached hydrogens (tertiary/aromatic N) is 1. The van der Waals surface area contributed by atoms with E-state index in [2.05, 4.69) is 42.2 Å². The molecule has 2 aromatic rings. The van der Waals surface area contributed by atoms with Crippen LogP contribution in [0.4, 0.5) is 5.69 Å². The normalized spacial score (nSPS) is 10.3. The Balaban J connectivity index is 2.26. The number of anilines is 1. The van der Waals surface area contributed by atoms with Gasteiger partial charge in [0.25, 0.3) is 0 Å². The number of carbonyl (C=O) groups excluding carboxylic acids is 1. The molecule has 0 aliphatic heterocycles. The Kier molecular flexibility index (Phi) is 5.36. The zero-order valence-electron chi connectivity index (χ0n) is 11.6. The maximum Gasteiger partial charge on any atom is 0.340 e. The molecule has 0 saturated heterocycles. The summed E-state index contributed by atoms with van der Waals surface area (Å²) in [6.07, 6.45) is 1.81. The summed E-state index contributed by atoms with van der Waals surface area (Å²) in [5.74, 6) is -0.392. The molecule has 0 amide bonds. The van der Waals surface area contributed by atoms with Crippen LogP contribution in [0.3, 0.4) is 0 Å². The maximum absolute atomic E-state index is 11.9. The summed E-state index contributed by atoms with van der Waals surface area (Å²) in [7, 11) is 1.36. The molecule has 110 valence electrons. The summed E-state index contributed by atoms with van der Waals surface area (Å²) in [6, 6.07) is 7.55. The first-order valence-corrected chi connectivity index (χ1v) is 7.82. The number of benzene rings is 1. The van der Waals surface area contributed by atoms with Gasteiger partial charge >= 0.3 is 5.97 Å². The minimum Gasteiger partial charge on any atom is -0.465 e. The van der Waals surface area contributed by atoms with Gasteiger partial charge in [0.1, 0.15) is 0 Å². The summed E-state index contributed by atoms with van der Waals surface area (Å²) in [5, 5.41) is 3.23. The Hall–Kier alpha value is -1.40. The third-order valence-corrected chi connectivity index (χ3v) is 3.96. The first-order chi connectivity index (χ1) is 10.0. The van der Waals surface area contributed by atoms with Gasteiger partial charge in [-0.05, 0) is 46.6 Å². The molecule has 6 heteroatoms. The van der Waals surface area contributed by atoms with Crippen molar-refractivity contribution >= 4 is 43.5 Å². The highest BCUT2D eigenvalue weighted by molar-refractivity contribution is 9.11. The van der Waals surface area contributed by atoms with Crippen molar-refractivity contribution in [1.29, 1.82) is 0 Å². The molecule has 0 atom stereocenters. The Morgan fingerprint density at radius 1 is 1.33 bits per heavy atom. The Morgan fingerprint density at radius 2 is 2.10 bits per heavy atom. The number of aryl methyl sites for hydroxylation is 1. The van der Waals surface area contributed by atoms with Crippen molar-refractivity contribution in [3.63, 3.8) is 0 Å². The van der Waals surface area contributed by atoms with E-state index in [1.807, 2.05) is 31.3 Å². The second-order valence-electron chi connectivity index (χ2n) is 4.48. The number of pyridine rings is 1. The van der Waals surface area contributed by atoms with E-state index in [-0.39, 0.29) is 0 Å². The molecule has 0 aliphatic rings. The number of esters is 1. The minimum absolute atomic E-state index is 0.392. The topological polar surface area (TPSA) is 51.2 Å². The maximum atomic E-state index is 11.9. The first kappa shape index (κ1) is 16.0. The zero-order valence-corrected chi connectivity index (χ0v) is 14.8. The average molecular weight is 414 g/mol. The molecule has 1 N–H and O–H groups in total. The van der Waals surface area contributed by atoms with Gasteiger partial charge in [0.05, 0.1) is 30.6 Å². The number of rotatable bonds is 4. The molecule has 0 fully saturated rings. The number of hydrogen-bond acceptors (Lipinski definition) is 4. The van der Waals surface area contributed by atoms with Crippen LogP contribution in [0.1, 0.15) is 21.6 Å². The number of methoxy groups -OCH3 is 1. The standard InChI is InChI=1S/C15H14Br2N2O2/c1-9-3-4-11(18-7-9)8-19-14-12(15(20)21-2)5-10(16)6-13(14)17/h3-7,19H,8H2,1-2H3. The van der Waals surface area contributed by atoms with Crippen LogP contribution >= 0.6 is 31.9 Å². The van der Waals surface area contributed by atoms with E-state index in [1.165, 1.54) is 7.11 Å².